The number of alkyl halides is 3. The van der Waals surface area contributed by atoms with Crippen LogP contribution in [0.5, 0.6) is 0 Å². The minimum atomic E-state index is -5.12. The number of aromatic nitrogens is 1. The lowest BCUT2D eigenvalue weighted by Gasteiger charge is -2.12. The average molecular weight is 406 g/mol. The molecule has 11 heteroatoms. The number of carbonyl (C=O) groups excluding carboxylic acids is 1. The molecule has 5 nitrogen and oxygen atoms in total. The number of carbonyl (C=O) groups is 1. The molecule has 1 heterocycles. The summed E-state index contributed by atoms with van der Waals surface area (Å²) in [7, 11) is -4.40. The Kier molecular flexibility index (Phi) is 4.58. The van der Waals surface area contributed by atoms with E-state index in [1.165, 1.54) is 12.1 Å². The maximum absolute atomic E-state index is 13.9. The third-order valence-electron chi connectivity index (χ3n) is 3.90. The normalized spacial score (nSPS) is 15.1. The van der Waals surface area contributed by atoms with Gasteiger partial charge in [-0.1, -0.05) is 0 Å². The minimum Gasteiger partial charge on any atom is -0.360 e. The fraction of sp³-hybridized carbons (Fsp3) is 0.188. The Morgan fingerprint density at radius 1 is 1.04 bits per heavy atom. The van der Waals surface area contributed by atoms with Gasteiger partial charge in [-0.15, -0.1) is 0 Å². The number of sulfonamides is 1. The van der Waals surface area contributed by atoms with Crippen molar-refractivity contribution in [2.45, 2.75) is 23.9 Å². The van der Waals surface area contributed by atoms with E-state index in [4.69, 9.17) is 0 Å². The molecule has 0 spiro atoms. The topological polar surface area (TPSA) is 79.0 Å². The molecular weight excluding hydrogens is 395 g/mol. The summed E-state index contributed by atoms with van der Waals surface area (Å²) in [4.78, 5) is 13.6. The number of benzene rings is 1. The Labute approximate surface area is 149 Å². The summed E-state index contributed by atoms with van der Waals surface area (Å²) < 4.78 is 91.5. The molecule has 0 fully saturated rings. The van der Waals surface area contributed by atoms with Crippen LogP contribution in [0.1, 0.15) is 24.1 Å². The van der Waals surface area contributed by atoms with Gasteiger partial charge in [-0.3, -0.25) is 9.52 Å². The molecule has 0 aliphatic heterocycles. The van der Waals surface area contributed by atoms with Gasteiger partial charge in [0.05, 0.1) is 11.3 Å². The smallest absolute Gasteiger partial charge is 0.360 e. The second-order valence-electron chi connectivity index (χ2n) is 5.80. The van der Waals surface area contributed by atoms with Crippen LogP contribution in [-0.4, -0.2) is 19.2 Å². The zero-order chi connectivity index (χ0) is 20.0. The fourth-order valence-corrected chi connectivity index (χ4v) is 3.62. The lowest BCUT2D eigenvalue weighted by molar-refractivity contribution is -0.140. The monoisotopic (exact) mass is 406 g/mol. The Hall–Kier alpha value is -2.69. The third-order valence-corrected chi connectivity index (χ3v) is 5.24. The summed E-state index contributed by atoms with van der Waals surface area (Å²) in [5.74, 6) is -3.50. The number of H-pyrrole nitrogens is 1. The fourth-order valence-electron chi connectivity index (χ4n) is 2.57. The number of aromatic amines is 1. The number of hydrogen-bond donors (Lipinski definition) is 2. The van der Waals surface area contributed by atoms with Gasteiger partial charge in [0.1, 0.15) is 16.5 Å². The highest BCUT2D eigenvalue weighted by molar-refractivity contribution is 7.92. The van der Waals surface area contributed by atoms with E-state index in [2.05, 4.69) is 4.98 Å². The molecule has 144 valence electrons. The van der Waals surface area contributed by atoms with Crippen LogP contribution in [0.2, 0.25) is 0 Å². The van der Waals surface area contributed by atoms with Crippen LogP contribution < -0.4 is 4.72 Å². The first-order valence-electron chi connectivity index (χ1n) is 7.48. The number of hydrogen-bond acceptors (Lipinski definition) is 3. The van der Waals surface area contributed by atoms with Gasteiger partial charge in [0.25, 0.3) is 10.0 Å². The Morgan fingerprint density at radius 3 is 2.33 bits per heavy atom. The Balaban J connectivity index is 1.89. The van der Waals surface area contributed by atoms with Crippen LogP contribution in [0, 0.1) is 11.6 Å². The Bertz CT molecular complexity index is 1050. The van der Waals surface area contributed by atoms with Crippen molar-refractivity contribution in [3.63, 3.8) is 0 Å². The summed E-state index contributed by atoms with van der Waals surface area (Å²) in [6, 6.07) is 1.19. The van der Waals surface area contributed by atoms with E-state index < -0.39 is 39.1 Å². The summed E-state index contributed by atoms with van der Waals surface area (Å²) in [6.45, 7) is 0. The van der Waals surface area contributed by atoms with Gasteiger partial charge in [-0.05, 0) is 30.2 Å². The van der Waals surface area contributed by atoms with Gasteiger partial charge in [-0.2, -0.15) is 13.2 Å². The van der Waals surface area contributed by atoms with Crippen LogP contribution in [0.15, 0.2) is 35.4 Å². The molecule has 1 aromatic heterocycles. The largest absolute Gasteiger partial charge is 0.419 e. The van der Waals surface area contributed by atoms with Crippen molar-refractivity contribution < 1.29 is 35.2 Å². The second-order valence-corrected chi connectivity index (χ2v) is 7.48. The van der Waals surface area contributed by atoms with Crippen LogP contribution in [0.3, 0.4) is 0 Å². The quantitative estimate of drug-likeness (QED) is 0.757. The highest BCUT2D eigenvalue weighted by Crippen LogP contribution is 2.34. The number of halogens is 5. The molecular formula is C16H11F5N2O3S. The van der Waals surface area contributed by atoms with Crippen molar-refractivity contribution in [3.8, 4) is 0 Å². The van der Waals surface area contributed by atoms with E-state index in [9.17, 15) is 35.2 Å². The molecule has 1 aliphatic rings. The maximum atomic E-state index is 13.9. The number of nitrogens with one attached hydrogen (secondary N) is 2. The zero-order valence-electron chi connectivity index (χ0n) is 13.3. The first-order chi connectivity index (χ1) is 12.5. The lowest BCUT2D eigenvalue weighted by Crippen LogP contribution is -2.15. The molecule has 0 amide bonds. The second kappa shape index (κ2) is 6.48. The first-order valence-corrected chi connectivity index (χ1v) is 8.97. The van der Waals surface area contributed by atoms with Gasteiger partial charge in [0, 0.05) is 24.4 Å². The molecule has 2 N–H and O–H groups in total. The standard InChI is InChI=1S/C16H11F5N2O3S/c17-12-6-15(13(18)5-11(12)16(19,20)21)23-27(25,26)10-4-14(22-7-10)8-1-2-9(24)3-8/h3-7,22-23H,1-2H2. The third kappa shape index (κ3) is 3.87. The van der Waals surface area contributed by atoms with E-state index in [0.29, 0.717) is 24.1 Å². The number of anilines is 1. The SMILES string of the molecule is O=C1C=C(c2cc(S(=O)(=O)Nc3cc(F)c(C(F)(F)F)cc3F)c[nH]2)CC1. The summed E-state index contributed by atoms with van der Waals surface area (Å²) in [6.07, 6.45) is -1.97. The first kappa shape index (κ1) is 19.1. The van der Waals surface area contributed by atoms with E-state index >= 15 is 0 Å². The van der Waals surface area contributed by atoms with Gasteiger partial charge in [0.15, 0.2) is 5.78 Å². The summed E-state index contributed by atoms with van der Waals surface area (Å²) in [5.41, 5.74) is -1.85. The van der Waals surface area contributed by atoms with Crippen molar-refractivity contribution in [2.24, 2.45) is 0 Å². The highest BCUT2D eigenvalue weighted by Gasteiger charge is 2.35. The molecule has 0 unspecified atom stereocenters. The predicted molar refractivity (Wildman–Crippen MR) is 85.2 cm³/mol. The van der Waals surface area contributed by atoms with E-state index in [1.807, 2.05) is 0 Å². The van der Waals surface area contributed by atoms with E-state index in [1.54, 1.807) is 4.72 Å². The Morgan fingerprint density at radius 2 is 1.74 bits per heavy atom. The van der Waals surface area contributed by atoms with E-state index in [0.717, 1.165) is 6.20 Å². The van der Waals surface area contributed by atoms with Crippen molar-refractivity contribution in [2.75, 3.05) is 4.72 Å². The lowest BCUT2D eigenvalue weighted by atomic mass is 10.2. The zero-order valence-corrected chi connectivity index (χ0v) is 14.1. The van der Waals surface area contributed by atoms with E-state index in [-0.39, 0.29) is 22.8 Å². The number of rotatable bonds is 4. The average Bonchev–Trinajstić information content (AvgIpc) is 3.18. The van der Waals surface area contributed by atoms with Crippen molar-refractivity contribution in [3.05, 3.63) is 53.4 Å². The van der Waals surface area contributed by atoms with Crippen molar-refractivity contribution in [1.82, 2.24) is 4.98 Å². The van der Waals surface area contributed by atoms with Gasteiger partial charge >= 0.3 is 6.18 Å². The maximum Gasteiger partial charge on any atom is 0.419 e. The molecule has 1 aromatic carbocycles. The van der Waals surface area contributed by atoms with Crippen LogP contribution in [0.25, 0.3) is 5.57 Å². The van der Waals surface area contributed by atoms with Crippen molar-refractivity contribution in [1.29, 1.82) is 0 Å². The number of allylic oxidation sites excluding steroid dienone is 2. The van der Waals surface area contributed by atoms with Crippen LogP contribution in [0.4, 0.5) is 27.6 Å². The summed E-state index contributed by atoms with van der Waals surface area (Å²) in [5, 5.41) is 0. The van der Waals surface area contributed by atoms with Gasteiger partial charge in [0.2, 0.25) is 0 Å². The molecule has 27 heavy (non-hydrogen) atoms. The molecule has 0 saturated carbocycles. The van der Waals surface area contributed by atoms with Crippen LogP contribution in [-0.2, 0) is 21.0 Å². The molecule has 3 rings (SSSR count). The van der Waals surface area contributed by atoms with Gasteiger partial charge in [-0.25, -0.2) is 17.2 Å². The minimum absolute atomic E-state index is 0.107. The summed E-state index contributed by atoms with van der Waals surface area (Å²) >= 11 is 0. The predicted octanol–water partition coefficient (Wildman–Crippen LogP) is 3.86. The molecule has 0 saturated heterocycles. The van der Waals surface area contributed by atoms with Crippen molar-refractivity contribution >= 4 is 27.1 Å². The molecule has 2 aromatic rings. The van der Waals surface area contributed by atoms with Crippen LogP contribution >= 0.6 is 0 Å². The van der Waals surface area contributed by atoms with Gasteiger partial charge < -0.3 is 4.98 Å². The number of ketones is 1. The molecule has 0 bridgehead atoms. The molecule has 1 aliphatic carbocycles. The molecule has 0 atom stereocenters. The highest BCUT2D eigenvalue weighted by atomic mass is 32.2. The molecule has 0 radical (unpaired) electrons.